The van der Waals surface area contributed by atoms with E-state index in [1.165, 1.54) is 0 Å². The van der Waals surface area contributed by atoms with Crippen LogP contribution >= 0.6 is 0 Å². The van der Waals surface area contributed by atoms with Crippen LogP contribution in [0.4, 0.5) is 11.4 Å². The average molecular weight is 294 g/mol. The number of para-hydroxylation sites is 1. The molecule has 0 radical (unpaired) electrons. The molecule has 2 aromatic carbocycles. The molecule has 0 N–H and O–H groups in total. The van der Waals surface area contributed by atoms with Crippen molar-refractivity contribution in [2.45, 2.75) is 13.3 Å². The molecule has 22 heavy (non-hydrogen) atoms. The third-order valence-corrected chi connectivity index (χ3v) is 4.04. The molecule has 0 aromatic heterocycles. The van der Waals surface area contributed by atoms with Crippen molar-refractivity contribution in [3.8, 4) is 0 Å². The Hall–Kier alpha value is -2.62. The molecule has 1 heterocycles. The van der Waals surface area contributed by atoms with Crippen LogP contribution in [-0.4, -0.2) is 25.4 Å². The van der Waals surface area contributed by atoms with Crippen LogP contribution < -0.4 is 9.80 Å². The number of benzene rings is 2. The molecule has 0 fully saturated rings. The topological polar surface area (TPSA) is 40.6 Å². The number of anilines is 2. The molecule has 2 amide bonds. The summed E-state index contributed by atoms with van der Waals surface area (Å²) in [5.74, 6) is -0.0468. The number of nitrogens with zero attached hydrogens (tertiary/aromatic N) is 2. The molecular formula is C18H18N2O2. The van der Waals surface area contributed by atoms with Crippen LogP contribution in [-0.2, 0) is 4.79 Å². The molecule has 2 aromatic rings. The molecule has 0 bridgehead atoms. The minimum atomic E-state index is -0.0701. The number of hydrogen-bond acceptors (Lipinski definition) is 2. The quantitative estimate of drug-likeness (QED) is 0.811. The smallest absolute Gasteiger partial charge is 0.258 e. The van der Waals surface area contributed by atoms with E-state index in [2.05, 4.69) is 0 Å². The Labute approximate surface area is 130 Å². The van der Waals surface area contributed by atoms with Gasteiger partial charge in [-0.05, 0) is 30.7 Å². The molecule has 1 aliphatic rings. The summed E-state index contributed by atoms with van der Waals surface area (Å²) in [6.07, 6.45) is 0.323. The zero-order chi connectivity index (χ0) is 15.7. The van der Waals surface area contributed by atoms with Crippen molar-refractivity contribution in [3.05, 3.63) is 59.7 Å². The van der Waals surface area contributed by atoms with Gasteiger partial charge in [0.15, 0.2) is 0 Å². The van der Waals surface area contributed by atoms with Gasteiger partial charge in [0.1, 0.15) is 0 Å². The molecule has 3 rings (SSSR count). The Morgan fingerprint density at radius 2 is 1.77 bits per heavy atom. The average Bonchev–Trinajstić information content (AvgIpc) is 2.67. The Morgan fingerprint density at radius 3 is 2.50 bits per heavy atom. The van der Waals surface area contributed by atoms with Gasteiger partial charge >= 0.3 is 0 Å². The summed E-state index contributed by atoms with van der Waals surface area (Å²) in [7, 11) is 1.76. The van der Waals surface area contributed by atoms with Crippen LogP contribution in [0.25, 0.3) is 0 Å². The lowest BCUT2D eigenvalue weighted by Gasteiger charge is -2.25. The van der Waals surface area contributed by atoms with Crippen LogP contribution in [0.15, 0.2) is 48.5 Å². The molecule has 1 aliphatic heterocycles. The maximum absolute atomic E-state index is 12.9. The minimum Gasteiger partial charge on any atom is -0.313 e. The summed E-state index contributed by atoms with van der Waals surface area (Å²) in [5.41, 5.74) is 3.23. The van der Waals surface area contributed by atoms with Crippen molar-refractivity contribution in [3.63, 3.8) is 0 Å². The van der Waals surface area contributed by atoms with E-state index < -0.39 is 0 Å². The van der Waals surface area contributed by atoms with E-state index in [4.69, 9.17) is 0 Å². The maximum atomic E-state index is 12.9. The molecule has 4 nitrogen and oxygen atoms in total. The highest BCUT2D eigenvalue weighted by atomic mass is 16.2. The van der Waals surface area contributed by atoms with E-state index in [9.17, 15) is 9.59 Å². The Kier molecular flexibility index (Phi) is 3.67. The van der Waals surface area contributed by atoms with Gasteiger partial charge in [-0.1, -0.05) is 30.3 Å². The van der Waals surface area contributed by atoms with Crippen molar-refractivity contribution >= 4 is 23.2 Å². The molecule has 0 saturated carbocycles. The molecule has 112 valence electrons. The third kappa shape index (κ3) is 2.37. The Bertz CT molecular complexity index is 725. The first kappa shape index (κ1) is 14.3. The first-order chi connectivity index (χ1) is 10.6. The lowest BCUT2D eigenvalue weighted by Crippen LogP contribution is -2.32. The van der Waals surface area contributed by atoms with Crippen LogP contribution in [0.3, 0.4) is 0 Å². The second kappa shape index (κ2) is 5.64. The molecule has 0 atom stereocenters. The van der Waals surface area contributed by atoms with Crippen LogP contribution in [0, 0.1) is 6.92 Å². The van der Waals surface area contributed by atoms with Crippen molar-refractivity contribution in [1.29, 1.82) is 0 Å². The van der Waals surface area contributed by atoms with Crippen molar-refractivity contribution < 1.29 is 9.59 Å². The number of amides is 2. The number of hydrogen-bond donors (Lipinski definition) is 0. The summed E-state index contributed by atoms with van der Waals surface area (Å²) in [4.78, 5) is 28.4. The second-order valence-corrected chi connectivity index (χ2v) is 5.47. The van der Waals surface area contributed by atoms with E-state index in [-0.39, 0.29) is 11.8 Å². The summed E-state index contributed by atoms with van der Waals surface area (Å²) in [6.45, 7) is 2.36. The maximum Gasteiger partial charge on any atom is 0.258 e. The van der Waals surface area contributed by atoms with E-state index in [1.54, 1.807) is 29.0 Å². The monoisotopic (exact) mass is 294 g/mol. The number of aryl methyl sites for hydroxylation is 1. The van der Waals surface area contributed by atoms with Crippen molar-refractivity contribution in [2.75, 3.05) is 23.4 Å². The summed E-state index contributed by atoms with van der Waals surface area (Å²) >= 11 is 0. The molecule has 0 aliphatic carbocycles. The number of carbonyl (C=O) groups is 2. The lowest BCUT2D eigenvalue weighted by atomic mass is 10.1. The molecule has 0 unspecified atom stereocenters. The predicted molar refractivity (Wildman–Crippen MR) is 87.3 cm³/mol. The van der Waals surface area contributed by atoms with Gasteiger partial charge in [-0.15, -0.1) is 0 Å². The first-order valence-corrected chi connectivity index (χ1v) is 7.32. The minimum absolute atomic E-state index is 0.0233. The molecule has 0 spiro atoms. The fraction of sp³-hybridized carbons (Fsp3) is 0.222. The van der Waals surface area contributed by atoms with E-state index in [1.807, 2.05) is 43.3 Å². The van der Waals surface area contributed by atoms with Crippen molar-refractivity contribution in [1.82, 2.24) is 0 Å². The fourth-order valence-electron chi connectivity index (χ4n) is 2.83. The van der Waals surface area contributed by atoms with Crippen molar-refractivity contribution in [2.24, 2.45) is 0 Å². The molecular weight excluding hydrogens is 276 g/mol. The SMILES string of the molecule is Cc1cccc2c1N(C(=O)c1ccccc1)CCC(=O)N2C. The molecule has 4 heteroatoms. The zero-order valence-electron chi connectivity index (χ0n) is 12.7. The molecule has 0 saturated heterocycles. The second-order valence-electron chi connectivity index (χ2n) is 5.47. The van der Waals surface area contributed by atoms with Gasteiger partial charge in [0.2, 0.25) is 5.91 Å². The largest absolute Gasteiger partial charge is 0.313 e. The Balaban J connectivity index is 2.11. The number of fused-ring (bicyclic) bond motifs is 1. The van der Waals surface area contributed by atoms with Gasteiger partial charge in [0, 0.05) is 25.6 Å². The van der Waals surface area contributed by atoms with Gasteiger partial charge in [-0.3, -0.25) is 9.59 Å². The van der Waals surface area contributed by atoms with E-state index >= 15 is 0 Å². The van der Waals surface area contributed by atoms with E-state index in [0.717, 1.165) is 16.9 Å². The number of rotatable bonds is 1. The van der Waals surface area contributed by atoms with Crippen LogP contribution in [0.1, 0.15) is 22.3 Å². The van der Waals surface area contributed by atoms with Gasteiger partial charge in [0.25, 0.3) is 5.91 Å². The highest BCUT2D eigenvalue weighted by molar-refractivity contribution is 6.11. The fourth-order valence-corrected chi connectivity index (χ4v) is 2.83. The Morgan fingerprint density at radius 1 is 1.05 bits per heavy atom. The highest BCUT2D eigenvalue weighted by Crippen LogP contribution is 2.35. The standard InChI is InChI=1S/C18H18N2O2/c1-13-7-6-10-15-17(13)20(12-11-16(21)19(15)2)18(22)14-8-4-3-5-9-14/h3-10H,11-12H2,1-2H3. The summed E-state index contributed by atoms with van der Waals surface area (Å²) in [6, 6.07) is 14.9. The normalized spacial score (nSPS) is 14.5. The highest BCUT2D eigenvalue weighted by Gasteiger charge is 2.28. The van der Waals surface area contributed by atoms with Gasteiger partial charge in [-0.25, -0.2) is 0 Å². The third-order valence-electron chi connectivity index (χ3n) is 4.04. The van der Waals surface area contributed by atoms with Crippen LogP contribution in [0.5, 0.6) is 0 Å². The summed E-state index contributed by atoms with van der Waals surface area (Å²) in [5, 5.41) is 0. The van der Waals surface area contributed by atoms with E-state index in [0.29, 0.717) is 18.5 Å². The predicted octanol–water partition coefficient (Wildman–Crippen LogP) is 3.01. The van der Waals surface area contributed by atoms with Crippen LogP contribution in [0.2, 0.25) is 0 Å². The zero-order valence-corrected chi connectivity index (χ0v) is 12.7. The van der Waals surface area contributed by atoms with Gasteiger partial charge < -0.3 is 9.80 Å². The van der Waals surface area contributed by atoms with Gasteiger partial charge in [-0.2, -0.15) is 0 Å². The number of carbonyl (C=O) groups excluding carboxylic acids is 2. The van der Waals surface area contributed by atoms with Gasteiger partial charge in [0.05, 0.1) is 11.4 Å². The first-order valence-electron chi connectivity index (χ1n) is 7.32. The lowest BCUT2D eigenvalue weighted by molar-refractivity contribution is -0.118. The summed E-state index contributed by atoms with van der Waals surface area (Å²) < 4.78 is 0.